The first kappa shape index (κ1) is 16.7. The molecule has 0 unspecified atom stereocenters. The summed E-state index contributed by atoms with van der Waals surface area (Å²) < 4.78 is 1.98. The van der Waals surface area contributed by atoms with Crippen LogP contribution in [0, 0.1) is 0 Å². The van der Waals surface area contributed by atoms with Crippen LogP contribution < -0.4 is 5.32 Å². The molecule has 3 heterocycles. The fourth-order valence-corrected chi connectivity index (χ4v) is 3.74. The van der Waals surface area contributed by atoms with E-state index >= 15 is 0 Å². The molecule has 2 aromatic heterocycles. The van der Waals surface area contributed by atoms with Crippen LogP contribution in [0.5, 0.6) is 0 Å². The van der Waals surface area contributed by atoms with E-state index in [4.69, 9.17) is 0 Å². The van der Waals surface area contributed by atoms with Crippen LogP contribution in [0.2, 0.25) is 0 Å². The first-order chi connectivity index (χ1) is 12.7. The number of pyridine rings is 1. The number of rotatable bonds is 5. The molecule has 1 aliphatic heterocycles. The van der Waals surface area contributed by atoms with Gasteiger partial charge in [-0.3, -0.25) is 9.59 Å². The average molecular weight is 366 g/mol. The summed E-state index contributed by atoms with van der Waals surface area (Å²) >= 11 is 1.31. The van der Waals surface area contributed by atoms with Crippen molar-refractivity contribution in [2.24, 2.45) is 0 Å². The molecule has 0 atom stereocenters. The zero-order chi connectivity index (χ0) is 17.9. The molecule has 4 rings (SSSR count). The number of thioether (sulfide) groups is 1. The highest BCUT2D eigenvalue weighted by Gasteiger charge is 2.21. The maximum Gasteiger partial charge on any atom is 0.281 e. The van der Waals surface area contributed by atoms with Gasteiger partial charge in [0.15, 0.2) is 0 Å². The van der Waals surface area contributed by atoms with Crippen molar-refractivity contribution < 1.29 is 9.59 Å². The van der Waals surface area contributed by atoms with Crippen LogP contribution in [-0.4, -0.2) is 44.3 Å². The number of carbonyl (C=O) groups is 2. The van der Waals surface area contributed by atoms with E-state index in [1.165, 1.54) is 11.8 Å². The molecule has 1 saturated heterocycles. The smallest absolute Gasteiger partial charge is 0.281 e. The molecule has 1 fully saturated rings. The number of fused-ring (bicyclic) bond motifs is 1. The molecule has 0 bridgehead atoms. The molecule has 0 saturated carbocycles. The van der Waals surface area contributed by atoms with Crippen molar-refractivity contribution in [3.8, 4) is 11.3 Å². The molecule has 1 aromatic carbocycles. The van der Waals surface area contributed by atoms with Gasteiger partial charge in [0.2, 0.25) is 5.91 Å². The molecule has 26 heavy (non-hydrogen) atoms. The van der Waals surface area contributed by atoms with E-state index in [1.807, 2.05) is 59.3 Å². The second-order valence-corrected chi connectivity index (χ2v) is 7.12. The quantitative estimate of drug-likeness (QED) is 0.750. The second-order valence-electron chi connectivity index (χ2n) is 6.07. The van der Waals surface area contributed by atoms with Crippen molar-refractivity contribution in [1.29, 1.82) is 0 Å². The Morgan fingerprint density at radius 3 is 2.77 bits per heavy atom. The normalized spacial score (nSPS) is 14.2. The fourth-order valence-electron chi connectivity index (χ4n) is 2.89. The maximum absolute atomic E-state index is 12.1. The molecule has 3 aromatic rings. The van der Waals surface area contributed by atoms with Gasteiger partial charge in [-0.25, -0.2) is 4.98 Å². The van der Waals surface area contributed by atoms with E-state index in [-0.39, 0.29) is 11.1 Å². The standard InChI is InChI=1S/C19H18N4O2S/c24-18(8-10-22-11-12-26-19(22)25)20-15-6-4-14(5-7-15)16-13-23-9-2-1-3-17(23)21-16/h1-7,9,13H,8,10-12H2,(H,20,24). The third kappa shape index (κ3) is 3.57. The van der Waals surface area contributed by atoms with Crippen molar-refractivity contribution in [1.82, 2.24) is 14.3 Å². The first-order valence-corrected chi connectivity index (χ1v) is 9.43. The number of aromatic nitrogens is 2. The van der Waals surface area contributed by atoms with Crippen molar-refractivity contribution in [2.45, 2.75) is 6.42 Å². The van der Waals surface area contributed by atoms with Gasteiger partial charge < -0.3 is 14.6 Å². The predicted molar refractivity (Wildman–Crippen MR) is 103 cm³/mol. The number of amides is 2. The highest BCUT2D eigenvalue weighted by atomic mass is 32.2. The molecule has 6 nitrogen and oxygen atoms in total. The van der Waals surface area contributed by atoms with Gasteiger partial charge >= 0.3 is 0 Å². The Morgan fingerprint density at radius 1 is 1.19 bits per heavy atom. The van der Waals surface area contributed by atoms with Crippen molar-refractivity contribution in [3.63, 3.8) is 0 Å². The number of nitrogens with one attached hydrogen (secondary N) is 1. The Bertz CT molecular complexity index is 919. The van der Waals surface area contributed by atoms with E-state index < -0.39 is 0 Å². The minimum Gasteiger partial charge on any atom is -0.332 e. The summed E-state index contributed by atoms with van der Waals surface area (Å²) in [6.07, 6.45) is 4.25. The molecular formula is C19H18N4O2S. The second kappa shape index (κ2) is 7.21. The minimum atomic E-state index is -0.0878. The van der Waals surface area contributed by atoms with E-state index in [2.05, 4.69) is 10.3 Å². The first-order valence-electron chi connectivity index (χ1n) is 8.45. The van der Waals surface area contributed by atoms with Gasteiger partial charge in [0, 0.05) is 48.9 Å². The van der Waals surface area contributed by atoms with Crippen LogP contribution in [0.1, 0.15) is 6.42 Å². The van der Waals surface area contributed by atoms with E-state index in [1.54, 1.807) is 4.90 Å². The third-order valence-corrected chi connectivity index (χ3v) is 5.17. The fraction of sp³-hybridized carbons (Fsp3) is 0.211. The maximum atomic E-state index is 12.1. The van der Waals surface area contributed by atoms with Crippen LogP contribution in [0.25, 0.3) is 16.9 Å². The van der Waals surface area contributed by atoms with Crippen molar-refractivity contribution in [2.75, 3.05) is 24.2 Å². The number of benzene rings is 1. The Hall–Kier alpha value is -2.80. The zero-order valence-electron chi connectivity index (χ0n) is 14.1. The number of carbonyl (C=O) groups excluding carboxylic acids is 2. The highest BCUT2D eigenvalue weighted by molar-refractivity contribution is 8.13. The van der Waals surface area contributed by atoms with Crippen LogP contribution in [-0.2, 0) is 4.79 Å². The SMILES string of the molecule is O=C(CCN1CCSC1=O)Nc1ccc(-c2cn3ccccc3n2)cc1. The summed E-state index contributed by atoms with van der Waals surface area (Å²) in [6, 6.07) is 13.5. The van der Waals surface area contributed by atoms with Crippen molar-refractivity contribution in [3.05, 3.63) is 54.9 Å². The lowest BCUT2D eigenvalue weighted by molar-refractivity contribution is -0.116. The number of imidazole rings is 1. The average Bonchev–Trinajstić information content (AvgIpc) is 3.26. The Labute approximate surface area is 155 Å². The van der Waals surface area contributed by atoms with Gasteiger partial charge in [0.25, 0.3) is 5.24 Å². The van der Waals surface area contributed by atoms with Gasteiger partial charge in [-0.2, -0.15) is 0 Å². The van der Waals surface area contributed by atoms with Gasteiger partial charge in [-0.15, -0.1) is 0 Å². The Balaban J connectivity index is 1.38. The van der Waals surface area contributed by atoms with E-state index in [0.717, 1.165) is 34.9 Å². The molecule has 0 spiro atoms. The lowest BCUT2D eigenvalue weighted by atomic mass is 10.1. The topological polar surface area (TPSA) is 66.7 Å². The lowest BCUT2D eigenvalue weighted by Gasteiger charge is -2.14. The van der Waals surface area contributed by atoms with Crippen LogP contribution in [0.4, 0.5) is 10.5 Å². The van der Waals surface area contributed by atoms with Gasteiger partial charge in [-0.05, 0) is 24.3 Å². The van der Waals surface area contributed by atoms with Crippen LogP contribution >= 0.6 is 11.8 Å². The number of hydrogen-bond donors (Lipinski definition) is 1. The summed E-state index contributed by atoms with van der Waals surface area (Å²) in [5.74, 6) is 0.723. The van der Waals surface area contributed by atoms with Crippen LogP contribution in [0.15, 0.2) is 54.9 Å². The number of anilines is 1. The summed E-state index contributed by atoms with van der Waals surface area (Å²) in [5.41, 5.74) is 3.52. The molecule has 7 heteroatoms. The van der Waals surface area contributed by atoms with Gasteiger partial charge in [0.05, 0.1) is 5.69 Å². The van der Waals surface area contributed by atoms with Crippen molar-refractivity contribution >= 4 is 34.2 Å². The molecule has 0 radical (unpaired) electrons. The summed E-state index contributed by atoms with van der Waals surface area (Å²) in [5, 5.41) is 2.94. The number of hydrogen-bond acceptors (Lipinski definition) is 4. The zero-order valence-corrected chi connectivity index (χ0v) is 14.9. The summed E-state index contributed by atoms with van der Waals surface area (Å²) in [6.45, 7) is 1.20. The highest BCUT2D eigenvalue weighted by Crippen LogP contribution is 2.21. The minimum absolute atomic E-state index is 0.0645. The lowest BCUT2D eigenvalue weighted by Crippen LogP contribution is -2.27. The molecule has 2 amide bonds. The summed E-state index contributed by atoms with van der Waals surface area (Å²) in [4.78, 5) is 29.9. The third-order valence-electron chi connectivity index (χ3n) is 4.28. The molecule has 1 N–H and O–H groups in total. The largest absolute Gasteiger partial charge is 0.332 e. The molecular weight excluding hydrogens is 348 g/mol. The monoisotopic (exact) mass is 366 g/mol. The Morgan fingerprint density at radius 2 is 2.04 bits per heavy atom. The van der Waals surface area contributed by atoms with Gasteiger partial charge in [0.1, 0.15) is 5.65 Å². The molecule has 132 valence electrons. The van der Waals surface area contributed by atoms with Gasteiger partial charge in [-0.1, -0.05) is 30.0 Å². The molecule has 1 aliphatic rings. The summed E-state index contributed by atoms with van der Waals surface area (Å²) in [7, 11) is 0. The predicted octanol–water partition coefficient (Wildman–Crippen LogP) is 3.50. The van der Waals surface area contributed by atoms with E-state index in [0.29, 0.717) is 13.0 Å². The Kier molecular flexibility index (Phi) is 4.62. The number of nitrogens with zero attached hydrogens (tertiary/aromatic N) is 3. The molecule has 0 aliphatic carbocycles. The van der Waals surface area contributed by atoms with Crippen LogP contribution in [0.3, 0.4) is 0 Å². The van der Waals surface area contributed by atoms with E-state index in [9.17, 15) is 9.59 Å².